The molecule has 4 aliphatic rings. The van der Waals surface area contributed by atoms with Crippen molar-refractivity contribution >= 4 is 17.4 Å². The van der Waals surface area contributed by atoms with Crippen molar-refractivity contribution in [2.45, 2.75) is 38.5 Å². The van der Waals surface area contributed by atoms with Crippen molar-refractivity contribution in [1.82, 2.24) is 4.98 Å². The lowest BCUT2D eigenvalue weighted by atomic mass is 9.51. The molecule has 0 N–H and O–H groups in total. The van der Waals surface area contributed by atoms with Gasteiger partial charge in [-0.1, -0.05) is 11.6 Å². The minimum Gasteiger partial charge on any atom is -0.299 e. The first-order valence-corrected chi connectivity index (χ1v) is 8.19. The quantitative estimate of drug-likeness (QED) is 0.844. The third kappa shape index (κ3) is 2.09. The van der Waals surface area contributed by atoms with Crippen LogP contribution < -0.4 is 0 Å². The maximum atomic E-state index is 12.8. The molecular formula is C17H20ClNO. The van der Waals surface area contributed by atoms with Gasteiger partial charge in [-0.3, -0.25) is 9.78 Å². The molecule has 0 atom stereocenters. The summed E-state index contributed by atoms with van der Waals surface area (Å²) in [4.78, 5) is 16.8. The van der Waals surface area contributed by atoms with Crippen LogP contribution in [0, 0.1) is 29.6 Å². The van der Waals surface area contributed by atoms with E-state index in [2.05, 4.69) is 4.98 Å². The minimum absolute atomic E-state index is 0.312. The van der Waals surface area contributed by atoms with Crippen LogP contribution in [-0.4, -0.2) is 10.8 Å². The number of ketones is 1. The highest BCUT2D eigenvalue weighted by molar-refractivity contribution is 6.31. The van der Waals surface area contributed by atoms with Crippen LogP contribution in [0.15, 0.2) is 18.5 Å². The van der Waals surface area contributed by atoms with E-state index in [0.29, 0.717) is 35.0 Å². The van der Waals surface area contributed by atoms with Crippen LogP contribution in [-0.2, 0) is 11.2 Å². The van der Waals surface area contributed by atoms with Gasteiger partial charge in [0.05, 0.1) is 5.02 Å². The standard InChI is InChI=1S/C17H20ClNO/c18-15-9-19-2-1-12(15)8-16(20)17-13-4-10-3-11(6-13)7-14(17)5-10/h1-2,9-11,13-14,17H,3-8H2. The summed E-state index contributed by atoms with van der Waals surface area (Å²) in [5.74, 6) is 3.91. The molecule has 1 aromatic heterocycles. The normalized spacial score (nSPS) is 38.1. The maximum absolute atomic E-state index is 12.8. The van der Waals surface area contributed by atoms with Gasteiger partial charge in [0.2, 0.25) is 0 Å². The molecule has 106 valence electrons. The highest BCUT2D eigenvalue weighted by atomic mass is 35.5. The molecule has 0 spiro atoms. The highest BCUT2D eigenvalue weighted by Crippen LogP contribution is 2.56. The van der Waals surface area contributed by atoms with E-state index in [1.54, 1.807) is 12.4 Å². The Morgan fingerprint density at radius 3 is 2.40 bits per heavy atom. The van der Waals surface area contributed by atoms with Crippen molar-refractivity contribution in [3.05, 3.63) is 29.0 Å². The first kappa shape index (κ1) is 12.8. The van der Waals surface area contributed by atoms with Crippen molar-refractivity contribution < 1.29 is 4.79 Å². The van der Waals surface area contributed by atoms with E-state index in [9.17, 15) is 4.79 Å². The average molecular weight is 290 g/mol. The number of hydrogen-bond acceptors (Lipinski definition) is 2. The molecule has 4 fully saturated rings. The van der Waals surface area contributed by atoms with E-state index in [0.717, 1.165) is 17.4 Å². The molecule has 4 aliphatic carbocycles. The van der Waals surface area contributed by atoms with Crippen LogP contribution in [0.25, 0.3) is 0 Å². The number of rotatable bonds is 3. The van der Waals surface area contributed by atoms with E-state index in [4.69, 9.17) is 11.6 Å². The van der Waals surface area contributed by atoms with Gasteiger partial charge in [-0.25, -0.2) is 0 Å². The summed E-state index contributed by atoms with van der Waals surface area (Å²) in [6.45, 7) is 0. The van der Waals surface area contributed by atoms with Crippen molar-refractivity contribution in [2.75, 3.05) is 0 Å². The van der Waals surface area contributed by atoms with E-state index < -0.39 is 0 Å². The van der Waals surface area contributed by atoms with Crippen LogP contribution in [0.5, 0.6) is 0 Å². The van der Waals surface area contributed by atoms with Gasteiger partial charge in [-0.05, 0) is 67.4 Å². The van der Waals surface area contributed by atoms with Gasteiger partial charge in [0.1, 0.15) is 5.78 Å². The lowest BCUT2D eigenvalue weighted by Crippen LogP contribution is -2.48. The van der Waals surface area contributed by atoms with Gasteiger partial charge in [-0.15, -0.1) is 0 Å². The summed E-state index contributed by atoms with van der Waals surface area (Å²) in [6.07, 6.45) is 10.5. The Morgan fingerprint density at radius 1 is 1.15 bits per heavy atom. The fourth-order valence-corrected chi connectivity index (χ4v) is 5.49. The summed E-state index contributed by atoms with van der Waals surface area (Å²) < 4.78 is 0. The molecule has 0 unspecified atom stereocenters. The molecule has 1 heterocycles. The summed E-state index contributed by atoms with van der Waals surface area (Å²) >= 11 is 6.14. The van der Waals surface area contributed by atoms with E-state index in [-0.39, 0.29) is 0 Å². The van der Waals surface area contributed by atoms with Crippen LogP contribution in [0.1, 0.15) is 37.7 Å². The van der Waals surface area contributed by atoms with Crippen molar-refractivity contribution in [2.24, 2.45) is 29.6 Å². The lowest BCUT2D eigenvalue weighted by Gasteiger charge is -2.53. The summed E-state index contributed by atoms with van der Waals surface area (Å²) in [5.41, 5.74) is 0.945. The van der Waals surface area contributed by atoms with Gasteiger partial charge in [-0.2, -0.15) is 0 Å². The Bertz CT molecular complexity index is 514. The Kier molecular flexibility index (Phi) is 3.10. The molecule has 2 nitrogen and oxygen atoms in total. The second kappa shape index (κ2) is 4.84. The first-order chi connectivity index (χ1) is 9.70. The number of pyridine rings is 1. The van der Waals surface area contributed by atoms with Crippen molar-refractivity contribution in [1.29, 1.82) is 0 Å². The summed E-state index contributed by atoms with van der Waals surface area (Å²) in [5, 5.41) is 0.629. The molecule has 20 heavy (non-hydrogen) atoms. The molecule has 0 amide bonds. The second-order valence-electron chi connectivity index (χ2n) is 7.07. The third-order valence-corrected chi connectivity index (χ3v) is 6.16. The number of nitrogens with zero attached hydrogens (tertiary/aromatic N) is 1. The topological polar surface area (TPSA) is 30.0 Å². The largest absolute Gasteiger partial charge is 0.299 e. The molecule has 5 rings (SSSR count). The van der Waals surface area contributed by atoms with Gasteiger partial charge in [0.15, 0.2) is 0 Å². The fraction of sp³-hybridized carbons (Fsp3) is 0.647. The fourth-order valence-electron chi connectivity index (χ4n) is 5.30. The highest BCUT2D eigenvalue weighted by Gasteiger charge is 2.50. The number of halogens is 1. The number of carbonyl (C=O) groups excluding carboxylic acids is 1. The zero-order valence-corrected chi connectivity index (χ0v) is 12.4. The molecule has 0 aromatic carbocycles. The minimum atomic E-state index is 0.312. The smallest absolute Gasteiger partial charge is 0.140 e. The molecule has 0 radical (unpaired) electrons. The zero-order valence-electron chi connectivity index (χ0n) is 11.6. The Morgan fingerprint density at radius 2 is 1.80 bits per heavy atom. The molecular weight excluding hydrogens is 270 g/mol. The van der Waals surface area contributed by atoms with Crippen LogP contribution in [0.2, 0.25) is 5.02 Å². The van der Waals surface area contributed by atoms with Crippen LogP contribution >= 0.6 is 11.6 Å². The van der Waals surface area contributed by atoms with E-state index in [1.165, 1.54) is 32.1 Å². The third-order valence-electron chi connectivity index (χ3n) is 5.82. The van der Waals surface area contributed by atoms with Crippen molar-refractivity contribution in [3.63, 3.8) is 0 Å². The summed E-state index contributed by atoms with van der Waals surface area (Å²) in [6, 6.07) is 1.89. The predicted octanol–water partition coefficient (Wildman–Crippen LogP) is 3.92. The molecule has 0 aliphatic heterocycles. The zero-order chi connectivity index (χ0) is 13.7. The number of carbonyl (C=O) groups is 1. The van der Waals surface area contributed by atoms with Gasteiger partial charge < -0.3 is 0 Å². The number of aromatic nitrogens is 1. The molecule has 0 saturated heterocycles. The van der Waals surface area contributed by atoms with Crippen LogP contribution in [0.4, 0.5) is 0 Å². The van der Waals surface area contributed by atoms with Crippen molar-refractivity contribution in [3.8, 4) is 0 Å². The van der Waals surface area contributed by atoms with E-state index >= 15 is 0 Å². The summed E-state index contributed by atoms with van der Waals surface area (Å²) in [7, 11) is 0. The first-order valence-electron chi connectivity index (χ1n) is 7.82. The van der Waals surface area contributed by atoms with Gasteiger partial charge >= 0.3 is 0 Å². The monoisotopic (exact) mass is 289 g/mol. The molecule has 4 saturated carbocycles. The average Bonchev–Trinajstić information content (AvgIpc) is 2.40. The van der Waals surface area contributed by atoms with Gasteiger partial charge in [0.25, 0.3) is 0 Å². The van der Waals surface area contributed by atoms with Crippen LogP contribution in [0.3, 0.4) is 0 Å². The molecule has 4 bridgehead atoms. The second-order valence-corrected chi connectivity index (χ2v) is 7.47. The lowest BCUT2D eigenvalue weighted by molar-refractivity contribution is -0.135. The predicted molar refractivity (Wildman–Crippen MR) is 78.5 cm³/mol. The maximum Gasteiger partial charge on any atom is 0.140 e. The number of hydrogen-bond donors (Lipinski definition) is 0. The molecule has 1 aromatic rings. The molecule has 3 heteroatoms. The van der Waals surface area contributed by atoms with Gasteiger partial charge in [0, 0.05) is 24.7 Å². The Labute approximate surface area is 124 Å². The Hall–Kier alpha value is -0.890. The SMILES string of the molecule is O=C(Cc1ccncc1Cl)C1C2CC3CC(C2)CC1C3. The van der Waals surface area contributed by atoms with E-state index in [1.807, 2.05) is 6.07 Å². The Balaban J connectivity index is 1.53. The number of Topliss-reactive ketones (excluding diaryl/α,β-unsaturated/α-hetero) is 1.